The van der Waals surface area contributed by atoms with E-state index >= 15 is 0 Å². The van der Waals surface area contributed by atoms with Gasteiger partial charge >= 0.3 is 5.69 Å². The fourth-order valence-electron chi connectivity index (χ4n) is 2.14. The minimum absolute atomic E-state index is 0.0880. The van der Waals surface area contributed by atoms with Gasteiger partial charge in [0.1, 0.15) is 11.1 Å². The smallest absolute Gasteiger partial charge is 0.312 e. The van der Waals surface area contributed by atoms with E-state index in [0.29, 0.717) is 5.01 Å². The third-order valence-electron chi connectivity index (χ3n) is 3.23. The fourth-order valence-corrected chi connectivity index (χ4v) is 3.29. The first-order chi connectivity index (χ1) is 11.5. The molecule has 0 aliphatic heterocycles. The summed E-state index contributed by atoms with van der Waals surface area (Å²) in [5.41, 5.74) is 0.503. The van der Waals surface area contributed by atoms with E-state index in [9.17, 15) is 20.5 Å². The van der Waals surface area contributed by atoms with Gasteiger partial charge in [-0.15, -0.1) is 11.3 Å². The Labute approximate surface area is 145 Å². The lowest BCUT2D eigenvalue weighted by atomic mass is 10.1. The van der Waals surface area contributed by atoms with Gasteiger partial charge in [0.2, 0.25) is 5.75 Å². The molecule has 118 valence electrons. The van der Waals surface area contributed by atoms with Crippen LogP contribution in [0.3, 0.4) is 0 Å². The Morgan fingerprint density at radius 2 is 2.17 bits per heavy atom. The molecule has 1 heterocycles. The number of nitriles is 1. The number of para-hydroxylation sites is 1. The van der Waals surface area contributed by atoms with Crippen LogP contribution in [0.4, 0.5) is 5.69 Å². The quantitative estimate of drug-likeness (QED) is 0.418. The molecule has 3 rings (SSSR count). The van der Waals surface area contributed by atoms with E-state index in [0.717, 1.165) is 16.3 Å². The van der Waals surface area contributed by atoms with Gasteiger partial charge in [0.25, 0.3) is 0 Å². The molecule has 0 atom stereocenters. The molecule has 0 saturated heterocycles. The number of phenols is 1. The van der Waals surface area contributed by atoms with E-state index in [1.807, 2.05) is 30.3 Å². The predicted octanol–water partition coefficient (Wildman–Crippen LogP) is 4.63. The zero-order chi connectivity index (χ0) is 17.3. The standard InChI is InChI=1S/C16H8ClN3O3S/c17-11-6-9(15(21)13(7-11)20(22)23)5-10(8-18)16-19-12-3-1-2-4-14(12)24-16/h1-7,21H/b10-5+. The molecule has 0 radical (unpaired) electrons. The monoisotopic (exact) mass is 357 g/mol. The summed E-state index contributed by atoms with van der Waals surface area (Å²) in [5.74, 6) is -0.543. The molecule has 6 nitrogen and oxygen atoms in total. The second-order valence-corrected chi connectivity index (χ2v) is 6.24. The highest BCUT2D eigenvalue weighted by atomic mass is 35.5. The lowest BCUT2D eigenvalue weighted by Gasteiger charge is -2.02. The number of thiazole rings is 1. The fraction of sp³-hybridized carbons (Fsp3) is 0. The Hall–Kier alpha value is -2.95. The zero-order valence-corrected chi connectivity index (χ0v) is 13.5. The first kappa shape index (κ1) is 15.9. The van der Waals surface area contributed by atoms with Gasteiger partial charge < -0.3 is 5.11 Å². The average Bonchev–Trinajstić information content (AvgIpc) is 2.98. The van der Waals surface area contributed by atoms with Gasteiger partial charge in [-0.2, -0.15) is 5.26 Å². The van der Waals surface area contributed by atoms with Crippen LogP contribution in [-0.4, -0.2) is 15.0 Å². The molecule has 8 heteroatoms. The highest BCUT2D eigenvalue weighted by Crippen LogP contribution is 2.36. The van der Waals surface area contributed by atoms with Crippen LogP contribution in [0.1, 0.15) is 10.6 Å². The molecule has 3 aromatic rings. The van der Waals surface area contributed by atoms with Crippen molar-refractivity contribution in [3.8, 4) is 11.8 Å². The molecule has 1 aromatic heterocycles. The third-order valence-corrected chi connectivity index (χ3v) is 4.51. The largest absolute Gasteiger partial charge is 0.502 e. The third kappa shape index (κ3) is 2.93. The molecule has 1 N–H and O–H groups in total. The summed E-state index contributed by atoms with van der Waals surface area (Å²) in [6.07, 6.45) is 1.34. The number of hydrogen-bond donors (Lipinski definition) is 1. The maximum absolute atomic E-state index is 11.0. The van der Waals surface area contributed by atoms with Crippen molar-refractivity contribution in [3.05, 3.63) is 62.1 Å². The number of hydrogen-bond acceptors (Lipinski definition) is 6. The maximum Gasteiger partial charge on any atom is 0.312 e. The average molecular weight is 358 g/mol. The number of aromatic nitrogens is 1. The second-order valence-electron chi connectivity index (χ2n) is 4.78. The van der Waals surface area contributed by atoms with E-state index in [1.54, 1.807) is 0 Å². The van der Waals surface area contributed by atoms with Gasteiger partial charge in [0.05, 0.1) is 20.7 Å². The molecule has 24 heavy (non-hydrogen) atoms. The summed E-state index contributed by atoms with van der Waals surface area (Å²) in [4.78, 5) is 14.6. The lowest BCUT2D eigenvalue weighted by Crippen LogP contribution is -1.91. The number of rotatable bonds is 3. The van der Waals surface area contributed by atoms with E-state index in [-0.39, 0.29) is 16.2 Å². The molecule has 0 aliphatic carbocycles. The van der Waals surface area contributed by atoms with E-state index in [2.05, 4.69) is 4.98 Å². The molecule has 2 aromatic carbocycles. The van der Waals surface area contributed by atoms with Crippen molar-refractivity contribution in [1.29, 1.82) is 5.26 Å². The number of nitro groups is 1. The summed E-state index contributed by atoms with van der Waals surface area (Å²) in [6, 6.07) is 11.8. The molecule has 0 fully saturated rings. The summed E-state index contributed by atoms with van der Waals surface area (Å²) < 4.78 is 0.912. The van der Waals surface area contributed by atoms with Gasteiger partial charge in [0, 0.05) is 16.7 Å². The van der Waals surface area contributed by atoms with E-state index in [4.69, 9.17) is 11.6 Å². The molecular weight excluding hydrogens is 350 g/mol. The van der Waals surface area contributed by atoms with Crippen molar-refractivity contribution < 1.29 is 10.0 Å². The number of aromatic hydroxyl groups is 1. The Morgan fingerprint density at radius 1 is 1.42 bits per heavy atom. The Morgan fingerprint density at radius 3 is 2.83 bits per heavy atom. The summed E-state index contributed by atoms with van der Waals surface area (Å²) in [5, 5.41) is 31.0. The SMILES string of the molecule is N#C/C(=C\c1cc(Cl)cc([N+](=O)[O-])c1O)c1nc2ccccc2s1. The van der Waals surface area contributed by atoms with Gasteiger partial charge in [-0.25, -0.2) is 4.98 Å². The molecule has 0 spiro atoms. The van der Waals surface area contributed by atoms with E-state index < -0.39 is 16.4 Å². The van der Waals surface area contributed by atoms with Crippen molar-refractivity contribution in [1.82, 2.24) is 4.98 Å². The van der Waals surface area contributed by atoms with Gasteiger partial charge in [0.15, 0.2) is 0 Å². The number of phenolic OH excluding ortho intramolecular Hbond substituents is 1. The second kappa shape index (κ2) is 6.28. The van der Waals surface area contributed by atoms with E-state index in [1.165, 1.54) is 23.5 Å². The Kier molecular flexibility index (Phi) is 4.16. The van der Waals surface area contributed by atoms with Crippen molar-refractivity contribution in [2.45, 2.75) is 0 Å². The van der Waals surface area contributed by atoms with Crippen LogP contribution < -0.4 is 0 Å². The topological polar surface area (TPSA) is 100 Å². The van der Waals surface area contributed by atoms with Crippen LogP contribution in [0.15, 0.2) is 36.4 Å². The highest BCUT2D eigenvalue weighted by Gasteiger charge is 2.19. The molecule has 0 saturated carbocycles. The van der Waals surface area contributed by atoms with Crippen molar-refractivity contribution >= 4 is 50.5 Å². The number of fused-ring (bicyclic) bond motifs is 1. The normalized spacial score (nSPS) is 11.4. The maximum atomic E-state index is 11.0. The number of nitrogens with zero attached hydrogens (tertiary/aromatic N) is 3. The highest BCUT2D eigenvalue weighted by molar-refractivity contribution is 7.19. The van der Waals surface area contributed by atoms with Crippen molar-refractivity contribution in [3.63, 3.8) is 0 Å². The first-order valence-electron chi connectivity index (χ1n) is 6.64. The Balaban J connectivity index is 2.15. The van der Waals surface area contributed by atoms with Crippen LogP contribution in [0, 0.1) is 21.4 Å². The number of nitro benzene ring substituents is 1. The zero-order valence-electron chi connectivity index (χ0n) is 11.9. The van der Waals surface area contributed by atoms with Gasteiger partial charge in [-0.3, -0.25) is 10.1 Å². The number of halogens is 1. The molecule has 0 amide bonds. The predicted molar refractivity (Wildman–Crippen MR) is 92.9 cm³/mol. The minimum Gasteiger partial charge on any atom is -0.502 e. The number of benzene rings is 2. The van der Waals surface area contributed by atoms with Crippen molar-refractivity contribution in [2.24, 2.45) is 0 Å². The molecule has 0 bridgehead atoms. The minimum atomic E-state index is -0.734. The molecular formula is C16H8ClN3O3S. The van der Waals surface area contributed by atoms with Gasteiger partial charge in [-0.1, -0.05) is 23.7 Å². The number of allylic oxidation sites excluding steroid dienone is 1. The lowest BCUT2D eigenvalue weighted by molar-refractivity contribution is -0.385. The van der Waals surface area contributed by atoms with Gasteiger partial charge in [-0.05, 0) is 24.3 Å². The van der Waals surface area contributed by atoms with Crippen LogP contribution in [0.2, 0.25) is 5.02 Å². The summed E-state index contributed by atoms with van der Waals surface area (Å²) in [7, 11) is 0. The van der Waals surface area contributed by atoms with Crippen LogP contribution in [0.25, 0.3) is 21.9 Å². The molecule has 0 aliphatic rings. The first-order valence-corrected chi connectivity index (χ1v) is 7.83. The molecule has 0 unspecified atom stereocenters. The van der Waals surface area contributed by atoms with Crippen LogP contribution in [-0.2, 0) is 0 Å². The van der Waals surface area contributed by atoms with Crippen LogP contribution >= 0.6 is 22.9 Å². The van der Waals surface area contributed by atoms with Crippen molar-refractivity contribution in [2.75, 3.05) is 0 Å². The van der Waals surface area contributed by atoms with Crippen LogP contribution in [0.5, 0.6) is 5.75 Å². The summed E-state index contributed by atoms with van der Waals surface area (Å²) >= 11 is 7.18. The Bertz CT molecular complexity index is 1000. The summed E-state index contributed by atoms with van der Waals surface area (Å²) in [6.45, 7) is 0.